The Morgan fingerprint density at radius 3 is 2.67 bits per heavy atom. The minimum atomic E-state index is -4.52. The zero-order chi connectivity index (χ0) is 21.8. The number of halogens is 3. The lowest BCUT2D eigenvalue weighted by Crippen LogP contribution is -2.34. The summed E-state index contributed by atoms with van der Waals surface area (Å²) in [6.07, 6.45) is -2.49. The van der Waals surface area contributed by atoms with E-state index in [0.29, 0.717) is 24.9 Å². The van der Waals surface area contributed by atoms with Crippen molar-refractivity contribution in [2.45, 2.75) is 12.6 Å². The van der Waals surface area contributed by atoms with Gasteiger partial charge < -0.3 is 24.8 Å². The third-order valence-corrected chi connectivity index (χ3v) is 3.79. The van der Waals surface area contributed by atoms with Crippen LogP contribution in [0.5, 0.6) is 11.6 Å². The van der Waals surface area contributed by atoms with E-state index >= 15 is 0 Å². The number of nitrogens with zero attached hydrogens (tertiary/aromatic N) is 2. The smallest absolute Gasteiger partial charge is 0.421 e. The number of nitrogens with one attached hydrogen (secondary N) is 2. The van der Waals surface area contributed by atoms with E-state index in [-0.39, 0.29) is 13.2 Å². The van der Waals surface area contributed by atoms with Crippen molar-refractivity contribution in [3.8, 4) is 11.6 Å². The van der Waals surface area contributed by atoms with Gasteiger partial charge in [-0.3, -0.25) is 4.99 Å². The summed E-state index contributed by atoms with van der Waals surface area (Å²) in [6, 6.07) is 9.49. The summed E-state index contributed by atoms with van der Waals surface area (Å²) < 4.78 is 54.7. The summed E-state index contributed by atoms with van der Waals surface area (Å²) in [5, 5.41) is 6.06. The van der Waals surface area contributed by atoms with Gasteiger partial charge in [0, 0.05) is 45.1 Å². The fourth-order valence-electron chi connectivity index (χ4n) is 2.41. The fraction of sp³-hybridized carbons (Fsp3) is 0.400. The molecule has 2 rings (SSSR count). The lowest BCUT2D eigenvalue weighted by molar-refractivity contribution is -0.139. The first-order valence-electron chi connectivity index (χ1n) is 9.28. The number of benzene rings is 1. The number of anilines is 1. The van der Waals surface area contributed by atoms with Gasteiger partial charge in [-0.1, -0.05) is 6.07 Å². The van der Waals surface area contributed by atoms with Crippen molar-refractivity contribution in [1.82, 2.24) is 10.3 Å². The van der Waals surface area contributed by atoms with E-state index in [1.165, 1.54) is 12.3 Å². The molecule has 1 heterocycles. The number of aliphatic imine (C=N–C) groups is 1. The Morgan fingerprint density at radius 1 is 1.10 bits per heavy atom. The van der Waals surface area contributed by atoms with E-state index in [1.807, 2.05) is 24.3 Å². The molecular weight excluding hydrogens is 401 g/mol. The van der Waals surface area contributed by atoms with Crippen LogP contribution in [-0.2, 0) is 10.9 Å². The van der Waals surface area contributed by atoms with Crippen molar-refractivity contribution in [3.63, 3.8) is 0 Å². The van der Waals surface area contributed by atoms with E-state index < -0.39 is 17.6 Å². The molecule has 0 spiro atoms. The highest BCUT2D eigenvalue weighted by Gasteiger charge is 2.34. The predicted molar refractivity (Wildman–Crippen MR) is 108 cm³/mol. The quantitative estimate of drug-likeness (QED) is 0.344. The molecule has 10 heteroatoms. The van der Waals surface area contributed by atoms with Gasteiger partial charge in [0.15, 0.2) is 5.96 Å². The average Bonchev–Trinajstić information content (AvgIpc) is 2.73. The molecule has 7 nitrogen and oxygen atoms in total. The third-order valence-electron chi connectivity index (χ3n) is 3.79. The zero-order valence-corrected chi connectivity index (χ0v) is 16.8. The summed E-state index contributed by atoms with van der Waals surface area (Å²) in [6.45, 7) is 1.36. The van der Waals surface area contributed by atoms with Crippen LogP contribution in [0.1, 0.15) is 12.0 Å². The van der Waals surface area contributed by atoms with Crippen LogP contribution in [-0.4, -0.2) is 51.5 Å². The first kappa shape index (κ1) is 23.3. The van der Waals surface area contributed by atoms with Crippen LogP contribution in [0, 0.1) is 0 Å². The average molecular weight is 426 g/mol. The SMILES string of the molecule is CN=C(NCCOc1ncccc1C(F)(F)F)Nc1cccc(OCCCOC)c1. The Labute approximate surface area is 173 Å². The molecule has 0 fully saturated rings. The van der Waals surface area contributed by atoms with E-state index in [2.05, 4.69) is 20.6 Å². The van der Waals surface area contributed by atoms with Gasteiger partial charge in [-0.2, -0.15) is 13.2 Å². The molecule has 2 aromatic rings. The van der Waals surface area contributed by atoms with E-state index in [1.54, 1.807) is 14.2 Å². The number of hydrogen-bond donors (Lipinski definition) is 2. The van der Waals surface area contributed by atoms with Crippen molar-refractivity contribution < 1.29 is 27.4 Å². The number of methoxy groups -OCH3 is 1. The molecule has 0 unspecified atom stereocenters. The second kappa shape index (κ2) is 11.9. The number of pyridine rings is 1. The molecule has 164 valence electrons. The number of hydrogen-bond acceptors (Lipinski definition) is 5. The molecule has 0 aliphatic rings. The number of rotatable bonds is 10. The third kappa shape index (κ3) is 7.78. The monoisotopic (exact) mass is 426 g/mol. The molecule has 1 aromatic carbocycles. The zero-order valence-electron chi connectivity index (χ0n) is 16.8. The van der Waals surface area contributed by atoms with Gasteiger partial charge in [-0.05, 0) is 24.3 Å². The maximum atomic E-state index is 13.0. The standard InChI is InChI=1S/C20H25F3N4O3/c1-24-19(27-15-6-3-7-16(14-15)29-12-5-11-28-2)26-10-13-30-18-17(20(21,22)23)8-4-9-25-18/h3-4,6-9,14H,5,10-13H2,1-2H3,(H2,24,26,27). The highest BCUT2D eigenvalue weighted by molar-refractivity contribution is 5.93. The van der Waals surface area contributed by atoms with Gasteiger partial charge >= 0.3 is 6.18 Å². The summed E-state index contributed by atoms with van der Waals surface area (Å²) in [7, 11) is 3.22. The minimum Gasteiger partial charge on any atom is -0.493 e. The summed E-state index contributed by atoms with van der Waals surface area (Å²) in [4.78, 5) is 7.74. The maximum Gasteiger partial charge on any atom is 0.421 e. The second-order valence-electron chi connectivity index (χ2n) is 6.05. The van der Waals surface area contributed by atoms with Crippen LogP contribution in [0.2, 0.25) is 0 Å². The molecular formula is C20H25F3N4O3. The van der Waals surface area contributed by atoms with E-state index in [4.69, 9.17) is 14.2 Å². The maximum absolute atomic E-state index is 13.0. The molecule has 0 amide bonds. The minimum absolute atomic E-state index is 0.0244. The molecule has 1 aromatic heterocycles. The largest absolute Gasteiger partial charge is 0.493 e. The summed E-state index contributed by atoms with van der Waals surface area (Å²) in [5.41, 5.74) is -0.160. The van der Waals surface area contributed by atoms with Gasteiger partial charge in [0.2, 0.25) is 5.88 Å². The van der Waals surface area contributed by atoms with Gasteiger partial charge in [0.1, 0.15) is 17.9 Å². The second-order valence-corrected chi connectivity index (χ2v) is 6.05. The molecule has 0 saturated heterocycles. The van der Waals surface area contributed by atoms with Gasteiger partial charge in [0.05, 0.1) is 13.2 Å². The Bertz CT molecular complexity index is 816. The van der Waals surface area contributed by atoms with E-state index in [0.717, 1.165) is 18.2 Å². The van der Waals surface area contributed by atoms with Gasteiger partial charge in [0.25, 0.3) is 0 Å². The van der Waals surface area contributed by atoms with Crippen LogP contribution < -0.4 is 20.1 Å². The lowest BCUT2D eigenvalue weighted by atomic mass is 10.2. The summed E-state index contributed by atoms with van der Waals surface area (Å²) in [5.74, 6) is 0.685. The van der Waals surface area contributed by atoms with Crippen LogP contribution in [0.3, 0.4) is 0 Å². The molecule has 0 bridgehead atoms. The van der Waals surface area contributed by atoms with Crippen molar-refractivity contribution >= 4 is 11.6 Å². The van der Waals surface area contributed by atoms with Crippen molar-refractivity contribution in [3.05, 3.63) is 48.2 Å². The van der Waals surface area contributed by atoms with Gasteiger partial charge in [-0.25, -0.2) is 4.98 Å². The number of aromatic nitrogens is 1. The van der Waals surface area contributed by atoms with Crippen molar-refractivity contribution in [2.75, 3.05) is 45.8 Å². The Morgan fingerprint density at radius 2 is 1.93 bits per heavy atom. The first-order valence-corrected chi connectivity index (χ1v) is 9.28. The van der Waals surface area contributed by atoms with Crippen LogP contribution in [0.4, 0.5) is 18.9 Å². The molecule has 2 N–H and O–H groups in total. The number of ether oxygens (including phenoxy) is 3. The van der Waals surface area contributed by atoms with Crippen LogP contribution in [0.25, 0.3) is 0 Å². The first-order chi connectivity index (χ1) is 14.4. The highest BCUT2D eigenvalue weighted by atomic mass is 19.4. The molecule has 30 heavy (non-hydrogen) atoms. The van der Waals surface area contributed by atoms with Crippen molar-refractivity contribution in [1.29, 1.82) is 0 Å². The molecule has 0 atom stereocenters. The van der Waals surface area contributed by atoms with Crippen molar-refractivity contribution in [2.24, 2.45) is 4.99 Å². The Balaban J connectivity index is 1.82. The Kier molecular flexibility index (Phi) is 9.20. The molecule has 0 saturated carbocycles. The topological polar surface area (TPSA) is 77.0 Å². The Hall–Kier alpha value is -3.01. The predicted octanol–water partition coefficient (Wildman–Crippen LogP) is 3.58. The molecule has 0 radical (unpaired) electrons. The summed E-state index contributed by atoms with van der Waals surface area (Å²) >= 11 is 0. The fourth-order valence-corrected chi connectivity index (χ4v) is 2.41. The van der Waals surface area contributed by atoms with Crippen LogP contribution in [0.15, 0.2) is 47.6 Å². The van der Waals surface area contributed by atoms with E-state index in [9.17, 15) is 13.2 Å². The normalized spacial score (nSPS) is 11.8. The number of alkyl halides is 3. The lowest BCUT2D eigenvalue weighted by Gasteiger charge is -2.15. The highest BCUT2D eigenvalue weighted by Crippen LogP contribution is 2.34. The molecule has 0 aliphatic carbocycles. The number of guanidine groups is 1. The molecule has 0 aliphatic heterocycles. The van der Waals surface area contributed by atoms with Crippen LogP contribution >= 0.6 is 0 Å². The van der Waals surface area contributed by atoms with Gasteiger partial charge in [-0.15, -0.1) is 0 Å².